The summed E-state index contributed by atoms with van der Waals surface area (Å²) in [4.78, 5) is 9.21. The van der Waals surface area contributed by atoms with Crippen LogP contribution in [0.3, 0.4) is 0 Å². The van der Waals surface area contributed by atoms with E-state index in [9.17, 15) is 12.8 Å². The van der Waals surface area contributed by atoms with Gasteiger partial charge in [0, 0.05) is 24.0 Å². The third kappa shape index (κ3) is 7.35. The summed E-state index contributed by atoms with van der Waals surface area (Å²) in [5, 5.41) is 3.17. The number of likely N-dealkylation sites (tertiary alicyclic amines) is 1. The van der Waals surface area contributed by atoms with Gasteiger partial charge in [-0.3, -0.25) is 0 Å². The van der Waals surface area contributed by atoms with E-state index in [2.05, 4.69) is 34.2 Å². The topological polar surface area (TPSA) is 65.5 Å². The molecule has 0 amide bonds. The largest absolute Gasteiger partial charge is 0.340 e. The molecule has 1 aromatic heterocycles. The summed E-state index contributed by atoms with van der Waals surface area (Å²) < 4.78 is 39.6. The first-order chi connectivity index (χ1) is 17.3. The van der Waals surface area contributed by atoms with Crippen molar-refractivity contribution in [2.24, 2.45) is 5.92 Å². The number of benzene rings is 2. The number of pyridine rings is 1. The molecule has 0 spiro atoms. The summed E-state index contributed by atoms with van der Waals surface area (Å²) in [7, 11) is 0.806. The fourth-order valence-corrected chi connectivity index (χ4v) is 5.86. The molecule has 8 heteroatoms. The molecule has 6 nitrogen and oxygen atoms in total. The van der Waals surface area contributed by atoms with Crippen molar-refractivity contribution in [3.8, 4) is 11.1 Å². The van der Waals surface area contributed by atoms with Crippen LogP contribution in [0.2, 0.25) is 0 Å². The highest BCUT2D eigenvalue weighted by Crippen LogP contribution is 2.24. The van der Waals surface area contributed by atoms with Crippen molar-refractivity contribution >= 4 is 21.3 Å². The first kappa shape index (κ1) is 26.3. The number of aromatic nitrogens is 1. The minimum absolute atomic E-state index is 0.111. The van der Waals surface area contributed by atoms with Crippen molar-refractivity contribution in [1.29, 1.82) is 0 Å². The van der Waals surface area contributed by atoms with Crippen LogP contribution in [-0.2, 0) is 9.84 Å². The molecule has 36 heavy (non-hydrogen) atoms. The molecule has 0 aliphatic carbocycles. The lowest BCUT2D eigenvalue weighted by atomic mass is 9.93. The zero-order chi connectivity index (χ0) is 25.5. The zero-order valence-corrected chi connectivity index (χ0v) is 21.8. The Morgan fingerprint density at radius 1 is 1.03 bits per heavy atom. The molecule has 0 radical (unpaired) electrons. The number of hydrogen-bond donors (Lipinski definition) is 1. The van der Waals surface area contributed by atoms with Crippen LogP contribution in [-0.4, -0.2) is 69.2 Å². The maximum Gasteiger partial charge on any atom is 0.179 e. The van der Waals surface area contributed by atoms with E-state index in [1.807, 2.05) is 18.2 Å². The Labute approximate surface area is 214 Å². The number of rotatable bonds is 10. The molecule has 0 atom stereocenters. The summed E-state index contributed by atoms with van der Waals surface area (Å²) in [6, 6.07) is 16.9. The summed E-state index contributed by atoms with van der Waals surface area (Å²) in [6.45, 7) is 3.60. The lowest BCUT2D eigenvalue weighted by Gasteiger charge is -2.32. The molecule has 1 fully saturated rings. The molecule has 1 N–H and O–H groups in total. The lowest BCUT2D eigenvalue weighted by molar-refractivity contribution is 0.179. The van der Waals surface area contributed by atoms with Gasteiger partial charge in [-0.25, -0.2) is 17.8 Å². The predicted octanol–water partition coefficient (Wildman–Crippen LogP) is 5.07. The first-order valence-electron chi connectivity index (χ1n) is 12.5. The molecular weight excluding hydrogens is 475 g/mol. The van der Waals surface area contributed by atoms with E-state index in [1.54, 1.807) is 36.5 Å². The third-order valence-electron chi connectivity index (χ3n) is 6.75. The number of halogens is 1. The van der Waals surface area contributed by atoms with Gasteiger partial charge in [0.2, 0.25) is 0 Å². The summed E-state index contributed by atoms with van der Waals surface area (Å²) in [5.41, 5.74) is 2.21. The lowest BCUT2D eigenvalue weighted by Crippen LogP contribution is -2.37. The smallest absolute Gasteiger partial charge is 0.179 e. The molecule has 1 aliphatic heterocycles. The second kappa shape index (κ2) is 12.0. The molecular formula is C28H35FN4O2S. The van der Waals surface area contributed by atoms with E-state index in [0.717, 1.165) is 49.5 Å². The van der Waals surface area contributed by atoms with E-state index >= 15 is 0 Å². The summed E-state index contributed by atoms with van der Waals surface area (Å²) in [5.74, 6) is 1.14. The second-order valence-electron chi connectivity index (χ2n) is 9.79. The average Bonchev–Trinajstić information content (AvgIpc) is 2.87. The van der Waals surface area contributed by atoms with Crippen molar-refractivity contribution in [1.82, 2.24) is 14.8 Å². The quantitative estimate of drug-likeness (QED) is 0.411. The first-order valence-corrected chi connectivity index (χ1v) is 14.1. The fourth-order valence-electron chi connectivity index (χ4n) is 4.53. The SMILES string of the molecule is CN(C)CCC1CCN(CCS(=O)(=O)c2cccc(Nc3ccc(-c4cccc(F)c4)cn3)c2)CC1. The highest BCUT2D eigenvalue weighted by atomic mass is 32.2. The van der Waals surface area contributed by atoms with Gasteiger partial charge < -0.3 is 15.1 Å². The zero-order valence-electron chi connectivity index (χ0n) is 21.0. The minimum Gasteiger partial charge on any atom is -0.340 e. The fraction of sp³-hybridized carbons (Fsp3) is 0.393. The molecule has 2 heterocycles. The molecule has 0 saturated carbocycles. The second-order valence-corrected chi connectivity index (χ2v) is 11.9. The van der Waals surface area contributed by atoms with Crippen LogP contribution in [0.5, 0.6) is 0 Å². The highest BCUT2D eigenvalue weighted by molar-refractivity contribution is 7.91. The van der Waals surface area contributed by atoms with Crippen molar-refractivity contribution in [2.45, 2.75) is 24.2 Å². The van der Waals surface area contributed by atoms with E-state index in [1.165, 1.54) is 18.6 Å². The minimum atomic E-state index is -3.40. The van der Waals surface area contributed by atoms with Crippen LogP contribution in [0.25, 0.3) is 11.1 Å². The summed E-state index contributed by atoms with van der Waals surface area (Å²) >= 11 is 0. The molecule has 0 bridgehead atoms. The molecule has 4 rings (SSSR count). The van der Waals surface area contributed by atoms with Gasteiger partial charge in [0.15, 0.2) is 9.84 Å². The van der Waals surface area contributed by atoms with Gasteiger partial charge in [-0.15, -0.1) is 0 Å². The summed E-state index contributed by atoms with van der Waals surface area (Å²) in [6.07, 6.45) is 5.15. The highest BCUT2D eigenvalue weighted by Gasteiger charge is 2.22. The van der Waals surface area contributed by atoms with Gasteiger partial charge in [-0.05, 0) is 107 Å². The van der Waals surface area contributed by atoms with Crippen molar-refractivity contribution in [3.63, 3.8) is 0 Å². The van der Waals surface area contributed by atoms with Crippen LogP contribution < -0.4 is 5.32 Å². The number of anilines is 2. The Balaban J connectivity index is 1.32. The molecule has 2 aromatic carbocycles. The predicted molar refractivity (Wildman–Crippen MR) is 144 cm³/mol. The van der Waals surface area contributed by atoms with Crippen molar-refractivity contribution in [2.75, 3.05) is 51.3 Å². The molecule has 1 aliphatic rings. The van der Waals surface area contributed by atoms with Gasteiger partial charge in [-0.1, -0.05) is 18.2 Å². The van der Waals surface area contributed by atoms with Crippen LogP contribution in [0.4, 0.5) is 15.9 Å². The number of sulfone groups is 1. The van der Waals surface area contributed by atoms with E-state index in [4.69, 9.17) is 0 Å². The number of hydrogen-bond acceptors (Lipinski definition) is 6. The Hall–Kier alpha value is -2.81. The van der Waals surface area contributed by atoms with Crippen LogP contribution in [0, 0.1) is 11.7 Å². The van der Waals surface area contributed by atoms with E-state index in [0.29, 0.717) is 22.9 Å². The van der Waals surface area contributed by atoms with Crippen molar-refractivity contribution < 1.29 is 12.8 Å². The van der Waals surface area contributed by atoms with E-state index < -0.39 is 9.84 Å². The van der Waals surface area contributed by atoms with Crippen molar-refractivity contribution in [3.05, 3.63) is 72.7 Å². The normalized spacial score (nSPS) is 15.3. The Morgan fingerprint density at radius 3 is 2.50 bits per heavy atom. The Kier molecular flexibility index (Phi) is 8.72. The monoisotopic (exact) mass is 510 g/mol. The molecule has 1 saturated heterocycles. The van der Waals surface area contributed by atoms with Crippen LogP contribution >= 0.6 is 0 Å². The van der Waals surface area contributed by atoms with Crippen LogP contribution in [0.15, 0.2) is 71.8 Å². The molecule has 3 aromatic rings. The van der Waals surface area contributed by atoms with Crippen LogP contribution in [0.1, 0.15) is 19.3 Å². The van der Waals surface area contributed by atoms with Gasteiger partial charge in [0.25, 0.3) is 0 Å². The average molecular weight is 511 g/mol. The Morgan fingerprint density at radius 2 is 1.81 bits per heavy atom. The number of nitrogens with one attached hydrogen (secondary N) is 1. The van der Waals surface area contributed by atoms with Gasteiger partial charge >= 0.3 is 0 Å². The van der Waals surface area contributed by atoms with E-state index in [-0.39, 0.29) is 11.6 Å². The molecule has 0 unspecified atom stereocenters. The van der Waals surface area contributed by atoms with Gasteiger partial charge in [0.05, 0.1) is 10.6 Å². The maximum absolute atomic E-state index is 13.5. The van der Waals surface area contributed by atoms with Gasteiger partial charge in [-0.2, -0.15) is 0 Å². The third-order valence-corrected chi connectivity index (χ3v) is 8.45. The number of piperidine rings is 1. The maximum atomic E-state index is 13.5. The Bertz CT molecular complexity index is 1240. The molecule has 192 valence electrons. The number of nitrogens with zero attached hydrogens (tertiary/aromatic N) is 3. The van der Waals surface area contributed by atoms with Gasteiger partial charge in [0.1, 0.15) is 11.6 Å². The standard InChI is InChI=1S/C28H35FN4O2S/c1-32(2)14-11-22-12-15-33(16-13-22)17-18-36(34,35)27-8-4-7-26(20-27)31-28-10-9-24(21-30-28)23-5-3-6-25(29)19-23/h3-10,19-22H,11-18H2,1-2H3,(H,30,31).